The van der Waals surface area contributed by atoms with Crippen LogP contribution in [0.25, 0.3) is 22.2 Å². The number of halogens is 2. The molecule has 308 valence electrons. The number of piperidine rings is 1. The molecule has 6 amide bonds. The third kappa shape index (κ3) is 8.25. The van der Waals surface area contributed by atoms with Crippen molar-refractivity contribution in [2.75, 3.05) is 36.4 Å². The van der Waals surface area contributed by atoms with Crippen LogP contribution in [0, 0.1) is 0 Å². The first-order valence-corrected chi connectivity index (χ1v) is 20.3. The van der Waals surface area contributed by atoms with Crippen molar-refractivity contribution < 1.29 is 33.5 Å². The van der Waals surface area contributed by atoms with Gasteiger partial charge in [-0.3, -0.25) is 49.1 Å². The Labute approximate surface area is 353 Å². The highest BCUT2D eigenvalue weighted by Crippen LogP contribution is 2.35. The first-order chi connectivity index (χ1) is 28.9. The number of ether oxygens (including phenoxy) is 1. The van der Waals surface area contributed by atoms with Crippen molar-refractivity contribution >= 4 is 81.1 Å². The van der Waals surface area contributed by atoms with Gasteiger partial charge >= 0.3 is 0 Å². The van der Waals surface area contributed by atoms with Crippen molar-refractivity contribution in [3.05, 3.63) is 93.9 Å². The standard InChI is InChI=1S/C42H39Cl2N9O7/c1-23(38-30(43)21-45-22-31(38)44)60-26-8-10-32-29(19-26)39(50-49-32)24-6-12-34(46-20-24)51-14-16-52(17-15-51)37(56)5-3-2-4-35(54)47-25-7-9-27-28(18-25)42(59)53(41(27)58)33-11-13-36(55)48-40(33)57/h6-10,12,18-23,33H,2-5,11,13-17H2,1H3,(H,47,54)(H,49,50)(H,48,55,57)/t23-,33?/m1/s1. The van der Waals surface area contributed by atoms with E-state index in [0.717, 1.165) is 32.9 Å². The van der Waals surface area contributed by atoms with Gasteiger partial charge in [0.25, 0.3) is 11.8 Å². The molecule has 0 radical (unpaired) electrons. The maximum atomic E-state index is 13.1. The lowest BCUT2D eigenvalue weighted by molar-refractivity contribution is -0.136. The Morgan fingerprint density at radius 3 is 2.38 bits per heavy atom. The van der Waals surface area contributed by atoms with Crippen LogP contribution in [0.1, 0.15) is 77.8 Å². The van der Waals surface area contributed by atoms with E-state index in [2.05, 4.69) is 30.7 Å². The summed E-state index contributed by atoms with van der Waals surface area (Å²) in [5, 5.41) is 14.3. The second-order valence-corrected chi connectivity index (χ2v) is 15.6. The van der Waals surface area contributed by atoms with Gasteiger partial charge in [0, 0.05) is 86.2 Å². The number of pyridine rings is 2. The van der Waals surface area contributed by atoms with Gasteiger partial charge in [0.05, 0.1) is 26.7 Å². The molecule has 1 unspecified atom stereocenters. The maximum absolute atomic E-state index is 13.1. The fraction of sp³-hybridized carbons (Fsp3) is 0.310. The molecule has 3 N–H and O–H groups in total. The van der Waals surface area contributed by atoms with E-state index in [0.29, 0.717) is 72.5 Å². The highest BCUT2D eigenvalue weighted by atomic mass is 35.5. The molecule has 2 atom stereocenters. The number of nitrogens with zero attached hydrogens (tertiary/aromatic N) is 6. The van der Waals surface area contributed by atoms with Crippen LogP contribution in [0.5, 0.6) is 5.75 Å². The van der Waals surface area contributed by atoms with E-state index in [1.807, 2.05) is 42.2 Å². The lowest BCUT2D eigenvalue weighted by Crippen LogP contribution is -2.54. The number of amides is 6. The van der Waals surface area contributed by atoms with E-state index in [1.54, 1.807) is 6.20 Å². The summed E-state index contributed by atoms with van der Waals surface area (Å²) in [5.74, 6) is -1.26. The van der Waals surface area contributed by atoms with Gasteiger partial charge in [0.2, 0.25) is 23.6 Å². The Morgan fingerprint density at radius 2 is 1.65 bits per heavy atom. The first kappa shape index (κ1) is 40.4. The Bertz CT molecular complexity index is 2520. The topological polar surface area (TPSA) is 200 Å². The van der Waals surface area contributed by atoms with E-state index >= 15 is 0 Å². The van der Waals surface area contributed by atoms with Crippen molar-refractivity contribution in [1.82, 2.24) is 35.3 Å². The number of aromatic amines is 1. The number of carbonyl (C=O) groups is 6. The minimum Gasteiger partial charge on any atom is -0.486 e. The van der Waals surface area contributed by atoms with Crippen LogP contribution in [0.4, 0.5) is 11.5 Å². The molecular formula is C42H39Cl2N9O7. The number of imide groups is 2. The first-order valence-electron chi connectivity index (χ1n) is 19.5. The number of unbranched alkanes of at least 4 members (excludes halogenated alkanes) is 1. The zero-order chi connectivity index (χ0) is 42.1. The summed E-state index contributed by atoms with van der Waals surface area (Å²) in [7, 11) is 0. The molecular weight excluding hydrogens is 813 g/mol. The highest BCUT2D eigenvalue weighted by molar-refractivity contribution is 6.35. The second-order valence-electron chi connectivity index (χ2n) is 14.8. The van der Waals surface area contributed by atoms with E-state index in [9.17, 15) is 28.8 Å². The molecule has 2 aromatic carbocycles. The van der Waals surface area contributed by atoms with Gasteiger partial charge in [-0.1, -0.05) is 23.2 Å². The number of hydrogen-bond acceptors (Lipinski definition) is 11. The van der Waals surface area contributed by atoms with Gasteiger partial charge in [-0.2, -0.15) is 5.10 Å². The molecule has 60 heavy (non-hydrogen) atoms. The number of hydrogen-bond donors (Lipinski definition) is 3. The Kier molecular flexibility index (Phi) is 11.5. The summed E-state index contributed by atoms with van der Waals surface area (Å²) < 4.78 is 6.21. The summed E-state index contributed by atoms with van der Waals surface area (Å²) in [6.07, 6.45) is 5.98. The van der Waals surface area contributed by atoms with Crippen LogP contribution < -0.4 is 20.3 Å². The summed E-state index contributed by atoms with van der Waals surface area (Å²) >= 11 is 12.7. The molecule has 3 aliphatic rings. The average molecular weight is 853 g/mol. The molecule has 16 nitrogen and oxygen atoms in total. The Morgan fingerprint density at radius 1 is 0.900 bits per heavy atom. The second kappa shape index (κ2) is 17.1. The van der Waals surface area contributed by atoms with Crippen molar-refractivity contribution in [3.63, 3.8) is 0 Å². The van der Waals surface area contributed by atoms with Gasteiger partial charge in [0.15, 0.2) is 0 Å². The molecule has 0 aliphatic carbocycles. The zero-order valence-corrected chi connectivity index (χ0v) is 33.9. The summed E-state index contributed by atoms with van der Waals surface area (Å²) in [5.41, 5.74) is 3.60. The summed E-state index contributed by atoms with van der Waals surface area (Å²) in [4.78, 5) is 89.3. The summed E-state index contributed by atoms with van der Waals surface area (Å²) in [6.45, 7) is 4.21. The predicted octanol–water partition coefficient (Wildman–Crippen LogP) is 5.72. The van der Waals surface area contributed by atoms with Crippen molar-refractivity contribution in [2.45, 2.75) is 57.6 Å². The van der Waals surface area contributed by atoms with Crippen molar-refractivity contribution in [1.29, 1.82) is 0 Å². The van der Waals surface area contributed by atoms with E-state index in [4.69, 9.17) is 32.9 Å². The molecule has 2 saturated heterocycles. The van der Waals surface area contributed by atoms with Gasteiger partial charge in [0.1, 0.15) is 29.4 Å². The number of rotatable bonds is 12. The molecule has 3 aliphatic heterocycles. The molecule has 8 rings (SSSR count). The molecule has 3 aromatic heterocycles. The minimum absolute atomic E-state index is 0.0238. The van der Waals surface area contributed by atoms with Crippen LogP contribution in [0.2, 0.25) is 10.0 Å². The molecule has 0 spiro atoms. The molecule has 0 saturated carbocycles. The molecule has 5 aromatic rings. The van der Waals surface area contributed by atoms with Crippen LogP contribution >= 0.6 is 23.2 Å². The lowest BCUT2D eigenvalue weighted by atomic mass is 10.0. The van der Waals surface area contributed by atoms with Crippen LogP contribution in [0.15, 0.2) is 67.1 Å². The number of aromatic nitrogens is 4. The van der Waals surface area contributed by atoms with Crippen LogP contribution in [-0.4, -0.2) is 97.6 Å². The van der Waals surface area contributed by atoms with Gasteiger partial charge in [-0.05, 0) is 74.7 Å². The maximum Gasteiger partial charge on any atom is 0.262 e. The van der Waals surface area contributed by atoms with E-state index in [-0.39, 0.29) is 42.2 Å². The number of H-pyrrole nitrogens is 1. The minimum atomic E-state index is -1.07. The predicted molar refractivity (Wildman–Crippen MR) is 222 cm³/mol. The number of carbonyl (C=O) groups excluding carboxylic acids is 6. The molecule has 18 heteroatoms. The summed E-state index contributed by atoms with van der Waals surface area (Å²) in [6, 6.07) is 12.9. The smallest absolute Gasteiger partial charge is 0.262 e. The number of fused-ring (bicyclic) bond motifs is 2. The SMILES string of the molecule is C[C@@H](Oc1ccc2[nH]nc(-c3ccc(N4CCN(C(=O)CCCCC(=O)Nc5ccc6c(c5)C(=O)N(C5CCC(=O)NC5=O)C6=O)CC4)nc3)c2c1)c1c(Cl)cncc1Cl. The molecule has 0 bridgehead atoms. The number of piperazine rings is 1. The fourth-order valence-electron chi connectivity index (χ4n) is 7.75. The third-order valence-corrected chi connectivity index (χ3v) is 11.5. The average Bonchev–Trinajstić information content (AvgIpc) is 3.76. The monoisotopic (exact) mass is 851 g/mol. The van der Waals surface area contributed by atoms with Crippen molar-refractivity contribution in [3.8, 4) is 17.0 Å². The largest absolute Gasteiger partial charge is 0.486 e. The molecule has 2 fully saturated rings. The molecule has 6 heterocycles. The number of anilines is 2. The highest BCUT2D eigenvalue weighted by Gasteiger charge is 2.44. The normalized spacial score (nSPS) is 17.2. The van der Waals surface area contributed by atoms with Crippen LogP contribution in [0.3, 0.4) is 0 Å². The van der Waals surface area contributed by atoms with E-state index < -0.39 is 35.8 Å². The van der Waals surface area contributed by atoms with Gasteiger partial charge in [-0.15, -0.1) is 0 Å². The zero-order valence-electron chi connectivity index (χ0n) is 32.4. The van der Waals surface area contributed by atoms with Gasteiger partial charge < -0.3 is 19.9 Å². The lowest BCUT2D eigenvalue weighted by Gasteiger charge is -2.35. The number of benzene rings is 2. The van der Waals surface area contributed by atoms with Crippen LogP contribution in [-0.2, 0) is 19.2 Å². The van der Waals surface area contributed by atoms with Crippen molar-refractivity contribution in [2.24, 2.45) is 0 Å². The quantitative estimate of drug-likeness (QED) is 0.103. The number of nitrogens with one attached hydrogen (secondary N) is 3. The Balaban J connectivity index is 0.782. The Hall–Kier alpha value is -6.39. The fourth-order valence-corrected chi connectivity index (χ4v) is 8.42. The van der Waals surface area contributed by atoms with Gasteiger partial charge in [-0.25, -0.2) is 4.98 Å². The third-order valence-electron chi connectivity index (χ3n) is 10.9. The van der Waals surface area contributed by atoms with E-state index in [1.165, 1.54) is 30.6 Å².